The van der Waals surface area contributed by atoms with Crippen molar-refractivity contribution in [3.63, 3.8) is 0 Å². The predicted molar refractivity (Wildman–Crippen MR) is 105 cm³/mol. The molecule has 1 aromatic carbocycles. The van der Waals surface area contributed by atoms with Crippen molar-refractivity contribution in [2.45, 2.75) is 46.0 Å². The molecule has 1 amide bonds. The summed E-state index contributed by atoms with van der Waals surface area (Å²) in [5.41, 5.74) is 5.13. The first-order chi connectivity index (χ1) is 12.6. The van der Waals surface area contributed by atoms with Gasteiger partial charge in [0, 0.05) is 12.2 Å². The first kappa shape index (κ1) is 18.1. The number of aromatic nitrogens is 2. The Labute approximate surface area is 155 Å². The molecule has 0 aliphatic heterocycles. The molecule has 1 aliphatic rings. The van der Waals surface area contributed by atoms with Crippen LogP contribution in [0, 0.1) is 13.8 Å². The zero-order chi connectivity index (χ0) is 18.4. The van der Waals surface area contributed by atoms with Crippen molar-refractivity contribution < 1.29 is 4.79 Å². The zero-order valence-electron chi connectivity index (χ0n) is 15.5. The fraction of sp³-hybridized carbons (Fsp3) is 0.381. The smallest absolute Gasteiger partial charge is 0.271 e. The van der Waals surface area contributed by atoms with Crippen LogP contribution in [0.2, 0.25) is 0 Å². The number of carbonyl (C=O) groups excluding carboxylic acids is 1. The number of amides is 1. The molecule has 2 aromatic rings. The number of hydrogen-bond acceptors (Lipinski definition) is 4. The molecule has 1 heterocycles. The Morgan fingerprint density at radius 3 is 2.54 bits per heavy atom. The summed E-state index contributed by atoms with van der Waals surface area (Å²) in [5.74, 6) is 0.450. The molecule has 0 unspecified atom stereocenters. The van der Waals surface area contributed by atoms with Crippen molar-refractivity contribution in [3.8, 4) is 0 Å². The highest BCUT2D eigenvalue weighted by atomic mass is 16.1. The van der Waals surface area contributed by atoms with Gasteiger partial charge < -0.3 is 10.6 Å². The van der Waals surface area contributed by atoms with E-state index in [-0.39, 0.29) is 5.91 Å². The average Bonchev–Trinajstić information content (AvgIpc) is 2.62. The number of anilines is 2. The predicted octanol–water partition coefficient (Wildman–Crippen LogP) is 4.46. The largest absolute Gasteiger partial charge is 0.350 e. The molecule has 1 aromatic heterocycles. The summed E-state index contributed by atoms with van der Waals surface area (Å²) in [5, 5.41) is 6.15. The van der Waals surface area contributed by atoms with Gasteiger partial charge in [0.15, 0.2) is 0 Å². The molecule has 0 saturated heterocycles. The summed E-state index contributed by atoms with van der Waals surface area (Å²) in [6, 6.07) is 6.22. The highest BCUT2D eigenvalue weighted by Gasteiger charge is 2.09. The Balaban J connectivity index is 1.53. The van der Waals surface area contributed by atoms with Crippen LogP contribution in [0.3, 0.4) is 0 Å². The minimum atomic E-state index is -0.174. The van der Waals surface area contributed by atoms with Gasteiger partial charge in [-0.2, -0.15) is 0 Å². The molecular formula is C21H26N4O. The van der Waals surface area contributed by atoms with Gasteiger partial charge in [0.05, 0.1) is 12.4 Å². The van der Waals surface area contributed by atoms with Crippen molar-refractivity contribution in [2.24, 2.45) is 0 Å². The number of hydrogen-bond donors (Lipinski definition) is 2. The number of rotatable bonds is 6. The van der Waals surface area contributed by atoms with E-state index >= 15 is 0 Å². The van der Waals surface area contributed by atoms with Gasteiger partial charge in [0.25, 0.3) is 5.91 Å². The van der Waals surface area contributed by atoms with Gasteiger partial charge in [-0.25, -0.2) is 9.97 Å². The first-order valence-electron chi connectivity index (χ1n) is 9.23. The molecule has 0 radical (unpaired) electrons. The van der Waals surface area contributed by atoms with Gasteiger partial charge in [-0.15, -0.1) is 0 Å². The monoisotopic (exact) mass is 350 g/mol. The Kier molecular flexibility index (Phi) is 6.00. The van der Waals surface area contributed by atoms with Crippen LogP contribution in [-0.4, -0.2) is 22.4 Å². The van der Waals surface area contributed by atoms with Gasteiger partial charge in [-0.1, -0.05) is 17.7 Å². The van der Waals surface area contributed by atoms with E-state index in [1.54, 1.807) is 6.20 Å². The van der Waals surface area contributed by atoms with Gasteiger partial charge >= 0.3 is 0 Å². The van der Waals surface area contributed by atoms with E-state index in [4.69, 9.17) is 0 Å². The Morgan fingerprint density at radius 2 is 1.88 bits per heavy atom. The summed E-state index contributed by atoms with van der Waals surface area (Å²) in [6.07, 6.45) is 11.2. The van der Waals surface area contributed by atoms with E-state index in [1.165, 1.54) is 42.2 Å². The van der Waals surface area contributed by atoms with Crippen LogP contribution in [0.4, 0.5) is 11.5 Å². The second-order valence-corrected chi connectivity index (χ2v) is 6.90. The molecule has 26 heavy (non-hydrogen) atoms. The molecule has 0 fully saturated rings. The van der Waals surface area contributed by atoms with Crippen molar-refractivity contribution >= 4 is 17.4 Å². The lowest BCUT2D eigenvalue weighted by molar-refractivity contribution is 0.0948. The van der Waals surface area contributed by atoms with Crippen LogP contribution in [0.25, 0.3) is 0 Å². The number of benzene rings is 1. The van der Waals surface area contributed by atoms with Crippen LogP contribution in [0.1, 0.15) is 53.7 Å². The molecule has 1 aliphatic carbocycles. The molecule has 3 rings (SSSR count). The van der Waals surface area contributed by atoms with E-state index in [2.05, 4.69) is 58.7 Å². The van der Waals surface area contributed by atoms with Crippen molar-refractivity contribution in [3.05, 3.63) is 59.1 Å². The van der Waals surface area contributed by atoms with Crippen molar-refractivity contribution in [1.82, 2.24) is 15.3 Å². The average molecular weight is 350 g/mol. The minimum Gasteiger partial charge on any atom is -0.350 e. The summed E-state index contributed by atoms with van der Waals surface area (Å²) in [6.45, 7) is 4.76. The summed E-state index contributed by atoms with van der Waals surface area (Å²) < 4.78 is 0. The molecular weight excluding hydrogens is 324 g/mol. The van der Waals surface area contributed by atoms with Gasteiger partial charge in [0.2, 0.25) is 0 Å². The summed E-state index contributed by atoms with van der Waals surface area (Å²) >= 11 is 0. The number of allylic oxidation sites excluding steroid dienone is 1. The topological polar surface area (TPSA) is 66.9 Å². The highest BCUT2D eigenvalue weighted by molar-refractivity contribution is 5.92. The van der Waals surface area contributed by atoms with Gasteiger partial charge in [-0.05, 0) is 69.2 Å². The molecule has 0 bridgehead atoms. The van der Waals surface area contributed by atoms with E-state index < -0.39 is 0 Å². The van der Waals surface area contributed by atoms with Gasteiger partial charge in [-0.3, -0.25) is 4.79 Å². The minimum absolute atomic E-state index is 0.174. The molecule has 2 N–H and O–H groups in total. The Hall–Kier alpha value is -2.69. The first-order valence-corrected chi connectivity index (χ1v) is 9.23. The number of aryl methyl sites for hydroxylation is 2. The number of nitrogens with zero attached hydrogens (tertiary/aromatic N) is 2. The van der Waals surface area contributed by atoms with Crippen molar-refractivity contribution in [1.29, 1.82) is 0 Å². The van der Waals surface area contributed by atoms with E-state index in [0.717, 1.165) is 18.5 Å². The van der Waals surface area contributed by atoms with Crippen LogP contribution in [-0.2, 0) is 0 Å². The fourth-order valence-corrected chi connectivity index (χ4v) is 3.26. The fourth-order valence-electron chi connectivity index (χ4n) is 3.26. The molecule has 0 saturated carbocycles. The summed E-state index contributed by atoms with van der Waals surface area (Å²) in [4.78, 5) is 20.7. The third-order valence-electron chi connectivity index (χ3n) is 4.50. The van der Waals surface area contributed by atoms with Gasteiger partial charge in [0.1, 0.15) is 11.5 Å². The molecule has 5 heteroatoms. The second kappa shape index (κ2) is 8.61. The molecule has 5 nitrogen and oxygen atoms in total. The SMILES string of the molecule is Cc1cc(C)cc(Nc2cnc(C(=O)NCCC3=CCCCC3)cn2)c1. The quantitative estimate of drug-likeness (QED) is 0.755. The molecule has 0 atom stereocenters. The highest BCUT2D eigenvalue weighted by Crippen LogP contribution is 2.19. The standard InChI is InChI=1S/C21H26N4O/c1-15-10-16(2)12-18(11-15)25-20-14-23-19(13-24-20)21(26)22-9-8-17-6-4-3-5-7-17/h6,10-14H,3-5,7-9H2,1-2H3,(H,22,26)(H,24,25). The lowest BCUT2D eigenvalue weighted by Crippen LogP contribution is -2.26. The van der Waals surface area contributed by atoms with Crippen LogP contribution < -0.4 is 10.6 Å². The third-order valence-corrected chi connectivity index (χ3v) is 4.50. The molecule has 0 spiro atoms. The number of nitrogens with one attached hydrogen (secondary N) is 2. The second-order valence-electron chi connectivity index (χ2n) is 6.90. The Morgan fingerprint density at radius 1 is 1.08 bits per heavy atom. The van der Waals surface area contributed by atoms with Crippen LogP contribution in [0.15, 0.2) is 42.2 Å². The Bertz CT molecular complexity index is 776. The van der Waals surface area contributed by atoms with Crippen LogP contribution >= 0.6 is 0 Å². The summed E-state index contributed by atoms with van der Waals surface area (Å²) in [7, 11) is 0. The number of carbonyl (C=O) groups is 1. The van der Waals surface area contributed by atoms with E-state index in [9.17, 15) is 4.79 Å². The van der Waals surface area contributed by atoms with E-state index in [1.807, 2.05) is 0 Å². The maximum absolute atomic E-state index is 12.2. The normalized spacial score (nSPS) is 13.8. The van der Waals surface area contributed by atoms with E-state index in [0.29, 0.717) is 18.1 Å². The van der Waals surface area contributed by atoms with Crippen molar-refractivity contribution in [2.75, 3.05) is 11.9 Å². The lowest BCUT2D eigenvalue weighted by Gasteiger charge is -2.12. The molecule has 136 valence electrons. The third kappa shape index (κ3) is 5.15. The maximum Gasteiger partial charge on any atom is 0.271 e. The van der Waals surface area contributed by atoms with Crippen LogP contribution in [0.5, 0.6) is 0 Å². The maximum atomic E-state index is 12.2. The lowest BCUT2D eigenvalue weighted by atomic mass is 9.97. The zero-order valence-corrected chi connectivity index (χ0v) is 15.5.